The topological polar surface area (TPSA) is 84.0 Å². The molecule has 6 heteroatoms. The Hall–Kier alpha value is -1.93. The van der Waals surface area contributed by atoms with Gasteiger partial charge >= 0.3 is 0 Å². The third-order valence-electron chi connectivity index (χ3n) is 1.87. The van der Waals surface area contributed by atoms with Crippen LogP contribution in [0.3, 0.4) is 0 Å². The summed E-state index contributed by atoms with van der Waals surface area (Å²) in [5.41, 5.74) is -0.00853. The molecule has 0 saturated heterocycles. The van der Waals surface area contributed by atoms with Crippen molar-refractivity contribution >= 4 is 22.5 Å². The van der Waals surface area contributed by atoms with Gasteiger partial charge in [-0.25, -0.2) is 0 Å². The largest absolute Gasteiger partial charge is 0.282 e. The van der Waals surface area contributed by atoms with E-state index in [1.165, 1.54) is 6.07 Å². The highest BCUT2D eigenvalue weighted by Crippen LogP contribution is 2.24. The maximum Gasteiger partial charge on any atom is 0.282 e. The van der Waals surface area contributed by atoms with Gasteiger partial charge in [-0.05, 0) is 30.2 Å². The molecule has 0 amide bonds. The number of nitriles is 1. The van der Waals surface area contributed by atoms with Gasteiger partial charge in [0.1, 0.15) is 5.56 Å². The quantitative estimate of drug-likeness (QED) is 0.438. The lowest BCUT2D eigenvalue weighted by Crippen LogP contribution is -2.00. The van der Waals surface area contributed by atoms with Crippen molar-refractivity contribution in [3.8, 4) is 6.07 Å². The van der Waals surface area contributed by atoms with E-state index >= 15 is 0 Å². The van der Waals surface area contributed by atoms with Gasteiger partial charge in [0, 0.05) is 6.07 Å². The Balaban J connectivity index is 3.54. The summed E-state index contributed by atoms with van der Waals surface area (Å²) in [7, 11) is 0. The van der Waals surface area contributed by atoms with E-state index in [2.05, 4.69) is 0 Å². The number of nitro groups is 1. The van der Waals surface area contributed by atoms with E-state index in [0.29, 0.717) is 5.56 Å². The second-order valence-corrected chi connectivity index (χ2v) is 3.17. The molecule has 1 rings (SSSR count). The maximum atomic E-state index is 10.9. The van der Waals surface area contributed by atoms with E-state index in [9.17, 15) is 14.9 Å². The SMILES string of the molecule is Cc1cc(C(=O)Cl)c([N+](=O)[O-])cc1C#N. The van der Waals surface area contributed by atoms with Gasteiger partial charge in [0.2, 0.25) is 0 Å². The lowest BCUT2D eigenvalue weighted by Gasteiger charge is -2.01. The van der Waals surface area contributed by atoms with Crippen LogP contribution in [0.15, 0.2) is 12.1 Å². The van der Waals surface area contributed by atoms with Gasteiger partial charge in [0.25, 0.3) is 10.9 Å². The van der Waals surface area contributed by atoms with E-state index in [1.807, 2.05) is 0 Å². The van der Waals surface area contributed by atoms with Gasteiger partial charge in [-0.1, -0.05) is 0 Å². The summed E-state index contributed by atoms with van der Waals surface area (Å²) in [6, 6.07) is 4.09. The Morgan fingerprint density at radius 1 is 1.60 bits per heavy atom. The Bertz CT molecular complexity index is 491. The van der Waals surface area contributed by atoms with Crippen molar-refractivity contribution < 1.29 is 9.72 Å². The molecule has 0 spiro atoms. The van der Waals surface area contributed by atoms with E-state index < -0.39 is 15.9 Å². The fraction of sp³-hybridized carbons (Fsp3) is 0.111. The number of nitrogens with zero attached hydrogens (tertiary/aromatic N) is 2. The monoisotopic (exact) mass is 224 g/mol. The van der Waals surface area contributed by atoms with Crippen molar-refractivity contribution in [1.82, 2.24) is 0 Å². The summed E-state index contributed by atoms with van der Waals surface area (Å²) in [5.74, 6) is 0. The standard InChI is InChI=1S/C9H5ClN2O3/c1-5-2-7(9(10)13)8(12(14)15)3-6(5)4-11/h2-3H,1H3. The molecule has 0 aliphatic rings. The summed E-state index contributed by atoms with van der Waals surface area (Å²) in [5, 5.41) is 18.3. The molecule has 1 aromatic rings. The number of aryl methyl sites for hydroxylation is 1. The fourth-order valence-corrected chi connectivity index (χ4v) is 1.28. The van der Waals surface area contributed by atoms with Crippen molar-refractivity contribution in [3.05, 3.63) is 38.9 Å². The van der Waals surface area contributed by atoms with Crippen LogP contribution in [0.25, 0.3) is 0 Å². The van der Waals surface area contributed by atoms with Crippen molar-refractivity contribution in [2.75, 3.05) is 0 Å². The molecular formula is C9H5ClN2O3. The zero-order valence-electron chi connectivity index (χ0n) is 7.65. The minimum absolute atomic E-state index is 0.156. The number of halogens is 1. The van der Waals surface area contributed by atoms with Gasteiger partial charge in [0.05, 0.1) is 16.6 Å². The minimum atomic E-state index is -0.908. The molecule has 1 aromatic carbocycles. The van der Waals surface area contributed by atoms with Crippen LogP contribution in [0.1, 0.15) is 21.5 Å². The highest BCUT2D eigenvalue weighted by Gasteiger charge is 2.20. The Morgan fingerprint density at radius 3 is 2.60 bits per heavy atom. The number of benzene rings is 1. The van der Waals surface area contributed by atoms with Crippen molar-refractivity contribution in [1.29, 1.82) is 5.26 Å². The highest BCUT2D eigenvalue weighted by molar-refractivity contribution is 6.68. The number of hydrogen-bond donors (Lipinski definition) is 0. The molecule has 76 valence electrons. The number of carbonyl (C=O) groups excluding carboxylic acids is 1. The van der Waals surface area contributed by atoms with Gasteiger partial charge in [0.15, 0.2) is 0 Å². The molecule has 0 heterocycles. The predicted octanol–water partition coefficient (Wildman–Crippen LogP) is 2.15. The predicted molar refractivity (Wildman–Crippen MR) is 52.7 cm³/mol. The van der Waals surface area contributed by atoms with Crippen LogP contribution in [0.2, 0.25) is 0 Å². The number of carbonyl (C=O) groups is 1. The van der Waals surface area contributed by atoms with Gasteiger partial charge in [-0.2, -0.15) is 5.26 Å². The van der Waals surface area contributed by atoms with Gasteiger partial charge in [-0.3, -0.25) is 14.9 Å². The number of rotatable bonds is 2. The molecule has 15 heavy (non-hydrogen) atoms. The normalized spacial score (nSPS) is 9.40. The third-order valence-corrected chi connectivity index (χ3v) is 2.08. The highest BCUT2D eigenvalue weighted by atomic mass is 35.5. The number of hydrogen-bond acceptors (Lipinski definition) is 4. The van der Waals surface area contributed by atoms with E-state index in [-0.39, 0.29) is 11.1 Å². The fourth-order valence-electron chi connectivity index (χ4n) is 1.13. The Kier molecular flexibility index (Phi) is 3.02. The molecule has 0 unspecified atom stereocenters. The van der Waals surface area contributed by atoms with E-state index in [0.717, 1.165) is 6.07 Å². The lowest BCUT2D eigenvalue weighted by molar-refractivity contribution is -0.385. The molecule has 5 nitrogen and oxygen atoms in total. The lowest BCUT2D eigenvalue weighted by atomic mass is 10.0. The van der Waals surface area contributed by atoms with Crippen molar-refractivity contribution in [2.24, 2.45) is 0 Å². The van der Waals surface area contributed by atoms with Gasteiger partial charge < -0.3 is 0 Å². The first-order chi connectivity index (χ1) is 6.97. The second kappa shape index (κ2) is 4.07. The smallest absolute Gasteiger partial charge is 0.275 e. The maximum absolute atomic E-state index is 10.9. The van der Waals surface area contributed by atoms with Crippen molar-refractivity contribution in [2.45, 2.75) is 6.92 Å². The molecule has 0 aromatic heterocycles. The number of nitro benzene ring substituents is 1. The summed E-state index contributed by atoms with van der Waals surface area (Å²) in [6.45, 7) is 1.58. The first kappa shape index (κ1) is 11.1. The van der Waals surface area contributed by atoms with Gasteiger partial charge in [-0.15, -0.1) is 0 Å². The van der Waals surface area contributed by atoms with E-state index in [4.69, 9.17) is 16.9 Å². The molecule has 0 saturated carbocycles. The molecule has 0 aliphatic carbocycles. The molecule has 0 fully saturated rings. The summed E-state index contributed by atoms with van der Waals surface area (Å²) < 4.78 is 0. The first-order valence-corrected chi connectivity index (χ1v) is 4.24. The first-order valence-electron chi connectivity index (χ1n) is 3.86. The van der Waals surface area contributed by atoms with Crippen LogP contribution >= 0.6 is 11.6 Å². The van der Waals surface area contributed by atoms with Crippen LogP contribution in [-0.4, -0.2) is 10.2 Å². The third kappa shape index (κ3) is 2.11. The van der Waals surface area contributed by atoms with E-state index in [1.54, 1.807) is 13.0 Å². The molecular weight excluding hydrogens is 220 g/mol. The van der Waals surface area contributed by atoms with Crippen LogP contribution in [0, 0.1) is 28.4 Å². The summed E-state index contributed by atoms with van der Waals surface area (Å²) in [4.78, 5) is 20.8. The summed E-state index contributed by atoms with van der Waals surface area (Å²) in [6.07, 6.45) is 0. The van der Waals surface area contributed by atoms with Crippen LogP contribution in [0.4, 0.5) is 5.69 Å². The average Bonchev–Trinajstić information content (AvgIpc) is 2.16. The minimum Gasteiger partial charge on any atom is -0.275 e. The Labute approximate surface area is 90.0 Å². The van der Waals surface area contributed by atoms with Crippen LogP contribution < -0.4 is 0 Å². The molecule has 0 N–H and O–H groups in total. The van der Waals surface area contributed by atoms with Crippen molar-refractivity contribution in [3.63, 3.8) is 0 Å². The molecule has 0 bridgehead atoms. The zero-order valence-corrected chi connectivity index (χ0v) is 8.41. The Morgan fingerprint density at radius 2 is 2.20 bits per heavy atom. The average molecular weight is 225 g/mol. The van der Waals surface area contributed by atoms with Crippen LogP contribution in [0.5, 0.6) is 0 Å². The summed E-state index contributed by atoms with van der Waals surface area (Å²) >= 11 is 5.19. The molecule has 0 aliphatic heterocycles. The zero-order chi connectivity index (χ0) is 11.6. The molecule has 0 radical (unpaired) electrons. The molecule has 0 atom stereocenters. The second-order valence-electron chi connectivity index (χ2n) is 2.83. The van der Waals surface area contributed by atoms with Crippen LogP contribution in [-0.2, 0) is 0 Å².